The Labute approximate surface area is 176 Å². The van der Waals surface area contributed by atoms with Crippen molar-refractivity contribution in [3.05, 3.63) is 69.2 Å². The molecule has 0 aliphatic carbocycles. The first-order valence-electron chi connectivity index (χ1n) is 10.0. The van der Waals surface area contributed by atoms with Crippen LogP contribution in [0.3, 0.4) is 0 Å². The second kappa shape index (κ2) is 8.96. The lowest BCUT2D eigenvalue weighted by Crippen LogP contribution is -2.47. The van der Waals surface area contributed by atoms with Crippen LogP contribution in [-0.2, 0) is 24.2 Å². The minimum atomic E-state index is -0.203. The number of carbonyl (C=O) groups is 1. The molecule has 0 spiro atoms. The van der Waals surface area contributed by atoms with Crippen LogP contribution in [0.15, 0.2) is 36.4 Å². The molecule has 5 nitrogen and oxygen atoms in total. The predicted octanol–water partition coefficient (Wildman–Crippen LogP) is 3.28. The van der Waals surface area contributed by atoms with Crippen molar-refractivity contribution in [2.75, 3.05) is 39.3 Å². The number of esters is 1. The van der Waals surface area contributed by atoms with E-state index in [2.05, 4.69) is 21.9 Å². The number of hydrogen-bond acceptors (Lipinski definition) is 5. The minimum absolute atomic E-state index is 0.203. The lowest BCUT2D eigenvalue weighted by molar-refractivity contribution is 0.0535. The first-order chi connectivity index (χ1) is 14.1. The van der Waals surface area contributed by atoms with E-state index >= 15 is 0 Å². The topological polar surface area (TPSA) is 56.6 Å². The Balaban J connectivity index is 1.20. The van der Waals surface area contributed by atoms with Crippen molar-refractivity contribution in [1.29, 1.82) is 5.26 Å². The second-order valence-electron chi connectivity index (χ2n) is 7.68. The highest BCUT2D eigenvalue weighted by Gasteiger charge is 2.21. The maximum absolute atomic E-state index is 11.5. The molecule has 0 atom stereocenters. The van der Waals surface area contributed by atoms with Gasteiger partial charge in [0, 0.05) is 44.8 Å². The van der Waals surface area contributed by atoms with Gasteiger partial charge in [0.25, 0.3) is 0 Å². The largest absolute Gasteiger partial charge is 0.457 e. The van der Waals surface area contributed by atoms with Gasteiger partial charge in [0.05, 0.1) is 16.1 Å². The molecule has 1 saturated heterocycles. The van der Waals surface area contributed by atoms with Gasteiger partial charge in [-0.3, -0.25) is 0 Å². The third kappa shape index (κ3) is 4.79. The van der Waals surface area contributed by atoms with E-state index in [-0.39, 0.29) is 5.97 Å². The van der Waals surface area contributed by atoms with E-state index in [9.17, 15) is 4.79 Å². The molecule has 150 valence electrons. The number of benzene rings is 2. The number of piperazine rings is 1. The van der Waals surface area contributed by atoms with Crippen LogP contribution in [-0.4, -0.2) is 55.0 Å². The maximum atomic E-state index is 11.5. The molecule has 2 aliphatic rings. The third-order valence-corrected chi connectivity index (χ3v) is 6.11. The van der Waals surface area contributed by atoms with Gasteiger partial charge in [0.1, 0.15) is 12.7 Å². The Morgan fingerprint density at radius 2 is 1.59 bits per heavy atom. The van der Waals surface area contributed by atoms with Crippen LogP contribution in [0.2, 0.25) is 5.02 Å². The smallest absolute Gasteiger partial charge is 0.338 e. The van der Waals surface area contributed by atoms with Crippen molar-refractivity contribution >= 4 is 17.6 Å². The number of ether oxygens (including phenoxy) is 1. The second-order valence-corrected chi connectivity index (χ2v) is 8.08. The summed E-state index contributed by atoms with van der Waals surface area (Å²) in [5.74, 6) is -0.203. The van der Waals surface area contributed by atoms with Gasteiger partial charge in [0.2, 0.25) is 0 Å². The van der Waals surface area contributed by atoms with Gasteiger partial charge >= 0.3 is 5.97 Å². The van der Waals surface area contributed by atoms with E-state index < -0.39 is 0 Å². The minimum Gasteiger partial charge on any atom is -0.457 e. The van der Waals surface area contributed by atoms with E-state index in [0.29, 0.717) is 22.8 Å². The third-order valence-electron chi connectivity index (χ3n) is 5.80. The molecule has 2 aromatic carbocycles. The van der Waals surface area contributed by atoms with Gasteiger partial charge in [-0.15, -0.1) is 0 Å². The predicted molar refractivity (Wildman–Crippen MR) is 112 cm³/mol. The molecular weight excluding hydrogens is 386 g/mol. The van der Waals surface area contributed by atoms with Gasteiger partial charge < -0.3 is 14.5 Å². The van der Waals surface area contributed by atoms with E-state index in [4.69, 9.17) is 21.6 Å². The summed E-state index contributed by atoms with van der Waals surface area (Å²) in [4.78, 5) is 16.5. The molecular formula is C23H24ClN3O2. The van der Waals surface area contributed by atoms with Crippen molar-refractivity contribution in [2.24, 2.45) is 0 Å². The lowest BCUT2D eigenvalue weighted by Gasteiger charge is -2.34. The van der Waals surface area contributed by atoms with Crippen molar-refractivity contribution in [1.82, 2.24) is 9.80 Å². The monoisotopic (exact) mass is 409 g/mol. The maximum Gasteiger partial charge on any atom is 0.338 e. The first kappa shape index (κ1) is 19.9. The molecule has 0 saturated carbocycles. The van der Waals surface area contributed by atoms with Crippen LogP contribution >= 0.6 is 11.6 Å². The van der Waals surface area contributed by atoms with Gasteiger partial charge in [-0.05, 0) is 42.2 Å². The Bertz CT molecular complexity index is 946. The van der Waals surface area contributed by atoms with Gasteiger partial charge in [-0.2, -0.15) is 5.26 Å². The number of nitriles is 1. The zero-order valence-corrected chi connectivity index (χ0v) is 17.1. The summed E-state index contributed by atoms with van der Waals surface area (Å²) >= 11 is 6.13. The Kier molecular flexibility index (Phi) is 6.15. The average Bonchev–Trinajstić information content (AvgIpc) is 3.12. The highest BCUT2D eigenvalue weighted by molar-refractivity contribution is 6.31. The van der Waals surface area contributed by atoms with Crippen molar-refractivity contribution in [3.63, 3.8) is 0 Å². The van der Waals surface area contributed by atoms with Crippen molar-refractivity contribution in [2.45, 2.75) is 19.4 Å². The average molecular weight is 410 g/mol. The number of cyclic esters (lactones) is 1. The molecule has 0 bridgehead atoms. The molecule has 2 aromatic rings. The fraction of sp³-hybridized carbons (Fsp3) is 0.391. The molecule has 0 amide bonds. The van der Waals surface area contributed by atoms with Crippen LogP contribution in [0.4, 0.5) is 0 Å². The zero-order valence-electron chi connectivity index (χ0n) is 16.4. The number of hydrogen-bond donors (Lipinski definition) is 0. The van der Waals surface area contributed by atoms with Crippen molar-refractivity contribution in [3.8, 4) is 6.07 Å². The Morgan fingerprint density at radius 1 is 0.966 bits per heavy atom. The number of fused-ring (bicyclic) bond motifs is 1. The summed E-state index contributed by atoms with van der Waals surface area (Å²) in [6.07, 6.45) is 1.94. The SMILES string of the molecule is N#Cc1ccc(CCN2CCN(CCc3ccc4c(c3)COC4=O)CC2)cc1Cl. The summed E-state index contributed by atoms with van der Waals surface area (Å²) in [6, 6.07) is 13.9. The fourth-order valence-electron chi connectivity index (χ4n) is 3.96. The molecule has 1 fully saturated rings. The Morgan fingerprint density at radius 3 is 2.21 bits per heavy atom. The summed E-state index contributed by atoms with van der Waals surface area (Å²) in [5.41, 5.74) is 4.70. The molecule has 0 unspecified atom stereocenters. The summed E-state index contributed by atoms with van der Waals surface area (Å²) in [7, 11) is 0. The Hall–Kier alpha value is -2.39. The zero-order chi connectivity index (χ0) is 20.2. The molecule has 29 heavy (non-hydrogen) atoms. The number of nitrogens with zero attached hydrogens (tertiary/aromatic N) is 3. The van der Waals surface area contributed by atoms with Crippen LogP contribution < -0.4 is 0 Å². The quantitative estimate of drug-likeness (QED) is 0.685. The molecule has 2 aliphatic heterocycles. The normalized spacial score (nSPS) is 17.0. The van der Waals surface area contributed by atoms with Gasteiger partial charge in [-0.25, -0.2) is 4.79 Å². The lowest BCUT2D eigenvalue weighted by atomic mass is 10.0. The van der Waals surface area contributed by atoms with Crippen LogP contribution in [0.5, 0.6) is 0 Å². The fourth-order valence-corrected chi connectivity index (χ4v) is 4.20. The van der Waals surface area contributed by atoms with E-state index in [0.717, 1.165) is 57.7 Å². The molecule has 4 rings (SSSR count). The molecule has 0 radical (unpaired) electrons. The van der Waals surface area contributed by atoms with Crippen molar-refractivity contribution < 1.29 is 9.53 Å². The molecule has 0 N–H and O–H groups in total. The molecule has 2 heterocycles. The number of halogens is 1. The van der Waals surface area contributed by atoms with Crippen LogP contribution in [0.25, 0.3) is 0 Å². The highest BCUT2D eigenvalue weighted by atomic mass is 35.5. The van der Waals surface area contributed by atoms with Gasteiger partial charge in [0.15, 0.2) is 0 Å². The van der Waals surface area contributed by atoms with Gasteiger partial charge in [-0.1, -0.05) is 29.8 Å². The summed E-state index contributed by atoms with van der Waals surface area (Å²) in [5, 5.41) is 9.51. The molecule has 0 aromatic heterocycles. The van der Waals surface area contributed by atoms with Crippen LogP contribution in [0.1, 0.15) is 32.6 Å². The standard InChI is InChI=1S/C23H24ClN3O2/c24-22-14-18(1-3-19(22)15-25)6-8-27-11-9-26(10-12-27)7-5-17-2-4-21-20(13-17)16-29-23(21)28/h1-4,13-14H,5-12,16H2. The van der Waals surface area contributed by atoms with E-state index in [1.54, 1.807) is 6.07 Å². The summed E-state index contributed by atoms with van der Waals surface area (Å²) in [6.45, 7) is 6.72. The number of carbonyl (C=O) groups excluding carboxylic acids is 1. The van der Waals surface area contributed by atoms with Crippen LogP contribution in [0, 0.1) is 11.3 Å². The van der Waals surface area contributed by atoms with E-state index in [1.165, 1.54) is 11.1 Å². The summed E-state index contributed by atoms with van der Waals surface area (Å²) < 4.78 is 5.08. The number of rotatable bonds is 6. The highest BCUT2D eigenvalue weighted by Crippen LogP contribution is 2.21. The molecule has 6 heteroatoms. The first-order valence-corrected chi connectivity index (χ1v) is 10.4. The van der Waals surface area contributed by atoms with E-state index in [1.807, 2.05) is 24.3 Å².